The van der Waals surface area contributed by atoms with Crippen molar-refractivity contribution in [2.45, 2.75) is 37.0 Å². The average molecular weight is 366 g/mol. The Balaban J connectivity index is 1.64. The Morgan fingerprint density at radius 2 is 2.04 bits per heavy atom. The van der Waals surface area contributed by atoms with Gasteiger partial charge in [-0.1, -0.05) is 30.3 Å². The Hall–Kier alpha value is -2.42. The highest BCUT2D eigenvalue weighted by Crippen LogP contribution is 2.39. The topological polar surface area (TPSA) is 71.2 Å². The molecule has 1 aromatic carbocycles. The zero-order chi connectivity index (χ0) is 18.5. The lowest BCUT2D eigenvalue weighted by atomic mass is 10.0. The molecule has 0 saturated carbocycles. The van der Waals surface area contributed by atoms with Crippen LogP contribution in [0.15, 0.2) is 30.3 Å². The first kappa shape index (κ1) is 17.0. The van der Waals surface area contributed by atoms with Crippen molar-refractivity contribution in [1.29, 1.82) is 0 Å². The number of fused-ring (bicyclic) bond motifs is 1. The molecule has 1 N–H and O–H groups in total. The molecule has 6 nitrogen and oxygen atoms in total. The largest absolute Gasteiger partial charge is 0.394 e. The number of carbonyl (C=O) groups is 1. The minimum atomic E-state index is -3.07. The Morgan fingerprint density at radius 1 is 1.31 bits per heavy atom. The molecule has 1 fully saturated rings. The van der Waals surface area contributed by atoms with Crippen LogP contribution >= 0.6 is 0 Å². The quantitative estimate of drug-likeness (QED) is 0.903. The number of alkyl halides is 3. The highest BCUT2D eigenvalue weighted by atomic mass is 19.3. The van der Waals surface area contributed by atoms with E-state index in [0.29, 0.717) is 0 Å². The summed E-state index contributed by atoms with van der Waals surface area (Å²) in [5, 5.41) is 13.4. The van der Waals surface area contributed by atoms with E-state index in [1.807, 2.05) is 30.3 Å². The smallest absolute Gasteiger partial charge is 0.294 e. The van der Waals surface area contributed by atoms with E-state index < -0.39 is 49.7 Å². The maximum absolute atomic E-state index is 14.4. The number of nitrogens with zero attached hydrogens (tertiary/aromatic N) is 4. The summed E-state index contributed by atoms with van der Waals surface area (Å²) in [5.41, 5.74) is 0.832. The van der Waals surface area contributed by atoms with Crippen molar-refractivity contribution in [1.82, 2.24) is 19.7 Å². The number of rotatable bonds is 3. The van der Waals surface area contributed by atoms with Crippen molar-refractivity contribution in [3.05, 3.63) is 47.5 Å². The molecule has 138 valence electrons. The van der Waals surface area contributed by atoms with Gasteiger partial charge in [0.1, 0.15) is 0 Å². The number of aromatic nitrogens is 3. The fourth-order valence-corrected chi connectivity index (χ4v) is 3.65. The molecule has 2 aromatic rings. The number of amides is 1. The van der Waals surface area contributed by atoms with Gasteiger partial charge in [-0.15, -0.1) is 5.10 Å². The van der Waals surface area contributed by atoms with Crippen molar-refractivity contribution in [3.8, 4) is 0 Å². The molecular weight excluding hydrogens is 349 g/mol. The van der Waals surface area contributed by atoms with Gasteiger partial charge in [-0.3, -0.25) is 4.79 Å². The van der Waals surface area contributed by atoms with Crippen LogP contribution in [0.4, 0.5) is 13.2 Å². The lowest BCUT2D eigenvalue weighted by Crippen LogP contribution is -2.39. The number of carbonyl (C=O) groups excluding carboxylic acids is 1. The molecule has 0 aliphatic carbocycles. The molecule has 0 radical (unpaired) electrons. The normalized spacial score (nSPS) is 26.9. The van der Waals surface area contributed by atoms with Crippen LogP contribution in [0.25, 0.3) is 0 Å². The van der Waals surface area contributed by atoms with E-state index in [9.17, 15) is 23.1 Å². The van der Waals surface area contributed by atoms with E-state index in [2.05, 4.69) is 10.1 Å². The van der Waals surface area contributed by atoms with E-state index in [1.54, 1.807) is 0 Å². The van der Waals surface area contributed by atoms with Gasteiger partial charge in [-0.05, 0) is 5.56 Å². The van der Waals surface area contributed by atoms with Gasteiger partial charge in [0.25, 0.3) is 11.8 Å². The third-order valence-corrected chi connectivity index (χ3v) is 4.89. The molecule has 3 heterocycles. The fraction of sp³-hybridized carbons (Fsp3) is 0.471. The second-order valence-corrected chi connectivity index (χ2v) is 6.70. The van der Waals surface area contributed by atoms with Gasteiger partial charge in [0.05, 0.1) is 25.2 Å². The van der Waals surface area contributed by atoms with Gasteiger partial charge in [-0.25, -0.2) is 22.8 Å². The Kier molecular flexibility index (Phi) is 3.98. The molecule has 3 atom stereocenters. The lowest BCUT2D eigenvalue weighted by Gasteiger charge is -2.20. The van der Waals surface area contributed by atoms with Gasteiger partial charge in [0.15, 0.2) is 12.0 Å². The minimum absolute atomic E-state index is 0.0220. The summed E-state index contributed by atoms with van der Waals surface area (Å²) in [6.07, 6.45) is -1.83. The first-order valence-corrected chi connectivity index (χ1v) is 8.35. The number of halogens is 3. The van der Waals surface area contributed by atoms with Gasteiger partial charge >= 0.3 is 0 Å². The van der Waals surface area contributed by atoms with E-state index in [1.165, 1.54) is 4.68 Å². The summed E-state index contributed by atoms with van der Waals surface area (Å²) in [7, 11) is 0. The van der Waals surface area contributed by atoms with Gasteiger partial charge in [0.2, 0.25) is 5.82 Å². The molecular formula is C17H17F3N4O2. The van der Waals surface area contributed by atoms with E-state index in [4.69, 9.17) is 0 Å². The van der Waals surface area contributed by atoms with Crippen molar-refractivity contribution < 1.29 is 23.1 Å². The first-order valence-electron chi connectivity index (χ1n) is 8.35. The summed E-state index contributed by atoms with van der Waals surface area (Å²) in [4.78, 5) is 17.4. The minimum Gasteiger partial charge on any atom is -0.394 e. The number of hydrogen-bond acceptors (Lipinski definition) is 4. The third-order valence-electron chi connectivity index (χ3n) is 4.89. The molecule has 1 saturated heterocycles. The number of benzene rings is 1. The average Bonchev–Trinajstić information content (AvgIpc) is 3.28. The molecule has 4 rings (SSSR count). The highest BCUT2D eigenvalue weighted by molar-refractivity contribution is 5.91. The zero-order valence-corrected chi connectivity index (χ0v) is 13.7. The van der Waals surface area contributed by atoms with Crippen LogP contribution in [0.2, 0.25) is 0 Å². The highest BCUT2D eigenvalue weighted by Gasteiger charge is 2.48. The molecule has 1 amide bonds. The Morgan fingerprint density at radius 3 is 2.73 bits per heavy atom. The number of aliphatic hydroxyl groups excluding tert-OH is 1. The van der Waals surface area contributed by atoms with Crippen LogP contribution in [-0.4, -0.2) is 55.8 Å². The maximum atomic E-state index is 14.4. The first-order chi connectivity index (χ1) is 12.4. The number of likely N-dealkylation sites (tertiary alicyclic amines) is 1. The van der Waals surface area contributed by atoms with E-state index in [-0.39, 0.29) is 18.1 Å². The molecule has 0 spiro atoms. The summed E-state index contributed by atoms with van der Waals surface area (Å²) in [6.45, 7) is -1.38. The fourth-order valence-electron chi connectivity index (χ4n) is 3.65. The van der Waals surface area contributed by atoms with Crippen LogP contribution < -0.4 is 0 Å². The summed E-state index contributed by atoms with van der Waals surface area (Å²) in [6, 6.07) is 7.75. The molecule has 0 bridgehead atoms. The van der Waals surface area contributed by atoms with Crippen molar-refractivity contribution >= 4 is 5.91 Å². The van der Waals surface area contributed by atoms with Crippen LogP contribution in [-0.2, 0) is 0 Å². The molecule has 1 unspecified atom stereocenters. The Labute approximate surface area is 147 Å². The van der Waals surface area contributed by atoms with Gasteiger partial charge in [-0.2, -0.15) is 0 Å². The molecule has 2 aliphatic rings. The van der Waals surface area contributed by atoms with Crippen LogP contribution in [0.5, 0.6) is 0 Å². The maximum Gasteiger partial charge on any atom is 0.294 e. The monoisotopic (exact) mass is 366 g/mol. The number of hydrogen-bond donors (Lipinski definition) is 1. The number of aliphatic hydroxyl groups is 1. The van der Waals surface area contributed by atoms with E-state index in [0.717, 1.165) is 10.5 Å². The predicted octanol–water partition coefficient (Wildman–Crippen LogP) is 2.12. The summed E-state index contributed by atoms with van der Waals surface area (Å²) < 4.78 is 42.9. The Bertz CT molecular complexity index is 827. The second-order valence-electron chi connectivity index (χ2n) is 6.70. The van der Waals surface area contributed by atoms with Gasteiger partial charge in [0, 0.05) is 12.8 Å². The molecule has 26 heavy (non-hydrogen) atoms. The molecule has 2 aliphatic heterocycles. The van der Waals surface area contributed by atoms with Crippen LogP contribution in [0, 0.1) is 0 Å². The standard InChI is InChI=1S/C17H17F3N4O2/c18-12-6-13(10-4-2-1-3-5-10)24-15(12)21-14(22-24)16(26)23-9-17(19,20)7-11(23)8-25/h1-5,11-13,25H,6-9H2/t11?,12-,13-/m0/s1. The molecule has 9 heteroatoms. The predicted molar refractivity (Wildman–Crippen MR) is 84.5 cm³/mol. The third kappa shape index (κ3) is 2.76. The summed E-state index contributed by atoms with van der Waals surface area (Å²) in [5.74, 6) is -4.18. The van der Waals surface area contributed by atoms with E-state index >= 15 is 0 Å². The van der Waals surface area contributed by atoms with Gasteiger partial charge < -0.3 is 10.0 Å². The van der Waals surface area contributed by atoms with Crippen LogP contribution in [0.1, 0.15) is 47.1 Å². The van der Waals surface area contributed by atoms with Crippen molar-refractivity contribution in [2.75, 3.05) is 13.2 Å². The SMILES string of the molecule is O=C(c1nc2n(n1)[C@H](c1ccccc1)C[C@@H]2F)N1CC(F)(F)CC1CO. The lowest BCUT2D eigenvalue weighted by molar-refractivity contribution is 0.0114. The second kappa shape index (κ2) is 6.08. The molecule has 1 aromatic heterocycles. The zero-order valence-electron chi connectivity index (χ0n) is 13.7. The van der Waals surface area contributed by atoms with Crippen molar-refractivity contribution in [3.63, 3.8) is 0 Å². The van der Waals surface area contributed by atoms with Crippen molar-refractivity contribution in [2.24, 2.45) is 0 Å². The van der Waals surface area contributed by atoms with Crippen LogP contribution in [0.3, 0.4) is 0 Å². The summed E-state index contributed by atoms with van der Waals surface area (Å²) >= 11 is 0.